The van der Waals surface area contributed by atoms with Crippen LogP contribution < -0.4 is 10.2 Å². The van der Waals surface area contributed by atoms with Crippen LogP contribution in [0.1, 0.15) is 19.4 Å². The van der Waals surface area contributed by atoms with Crippen molar-refractivity contribution in [2.45, 2.75) is 20.4 Å². The van der Waals surface area contributed by atoms with E-state index in [0.717, 1.165) is 38.7 Å². The molecule has 0 saturated carbocycles. The first kappa shape index (κ1) is 13.9. The molecule has 0 amide bonds. The largest absolute Gasteiger partial charge is 0.380 e. The quantitative estimate of drug-likeness (QED) is 0.698. The second kappa shape index (κ2) is 8.03. The van der Waals surface area contributed by atoms with Gasteiger partial charge in [-0.3, -0.25) is 0 Å². The summed E-state index contributed by atoms with van der Waals surface area (Å²) in [5.74, 6) is 1.00. The predicted octanol–water partition coefficient (Wildman–Crippen LogP) is 1.66. The van der Waals surface area contributed by atoms with E-state index < -0.39 is 0 Å². The van der Waals surface area contributed by atoms with Gasteiger partial charge in [0.1, 0.15) is 5.82 Å². The van der Waals surface area contributed by atoms with Gasteiger partial charge in [-0.25, -0.2) is 4.98 Å². The van der Waals surface area contributed by atoms with Gasteiger partial charge in [0.2, 0.25) is 0 Å². The smallest absolute Gasteiger partial charge is 0.128 e. The molecule has 0 aliphatic heterocycles. The number of hydrogen-bond donors (Lipinski definition) is 1. The zero-order valence-electron chi connectivity index (χ0n) is 11.1. The Labute approximate surface area is 104 Å². The standard InChI is InChI=1S/C13H23N3O/c1-4-14-11-12-6-7-15-13(10-12)16(3)8-9-17-5-2/h6-7,10,14H,4-5,8-9,11H2,1-3H3. The third kappa shape index (κ3) is 5.15. The average molecular weight is 237 g/mol. The van der Waals surface area contributed by atoms with Crippen LogP contribution in [0.5, 0.6) is 0 Å². The number of nitrogens with zero attached hydrogens (tertiary/aromatic N) is 2. The van der Waals surface area contributed by atoms with Crippen LogP contribution in [0.4, 0.5) is 5.82 Å². The van der Waals surface area contributed by atoms with E-state index in [9.17, 15) is 0 Å². The second-order valence-corrected chi connectivity index (χ2v) is 3.92. The van der Waals surface area contributed by atoms with Crippen molar-refractivity contribution in [3.63, 3.8) is 0 Å². The van der Waals surface area contributed by atoms with E-state index in [-0.39, 0.29) is 0 Å². The molecule has 96 valence electrons. The highest BCUT2D eigenvalue weighted by Crippen LogP contribution is 2.10. The molecule has 1 aromatic heterocycles. The number of aromatic nitrogens is 1. The van der Waals surface area contributed by atoms with Gasteiger partial charge in [0.05, 0.1) is 6.61 Å². The van der Waals surface area contributed by atoms with Crippen LogP contribution in [-0.2, 0) is 11.3 Å². The monoisotopic (exact) mass is 237 g/mol. The van der Waals surface area contributed by atoms with Gasteiger partial charge in [-0.1, -0.05) is 6.92 Å². The Morgan fingerprint density at radius 3 is 2.94 bits per heavy atom. The summed E-state index contributed by atoms with van der Waals surface area (Å²) in [7, 11) is 2.04. The van der Waals surface area contributed by atoms with Crippen molar-refractivity contribution in [2.24, 2.45) is 0 Å². The molecule has 1 rings (SSSR count). The maximum Gasteiger partial charge on any atom is 0.128 e. The SMILES string of the molecule is CCNCc1ccnc(N(C)CCOCC)c1. The molecule has 17 heavy (non-hydrogen) atoms. The van der Waals surface area contributed by atoms with Crippen molar-refractivity contribution in [1.82, 2.24) is 10.3 Å². The van der Waals surface area contributed by atoms with E-state index in [4.69, 9.17) is 4.74 Å². The van der Waals surface area contributed by atoms with Crippen LogP contribution in [0, 0.1) is 0 Å². The molecule has 0 radical (unpaired) electrons. The van der Waals surface area contributed by atoms with E-state index in [0.29, 0.717) is 0 Å². The number of likely N-dealkylation sites (N-methyl/N-ethyl adjacent to an activating group) is 1. The van der Waals surface area contributed by atoms with E-state index in [2.05, 4.69) is 28.2 Å². The van der Waals surface area contributed by atoms with Gasteiger partial charge in [0, 0.05) is 32.9 Å². The van der Waals surface area contributed by atoms with Crippen molar-refractivity contribution in [1.29, 1.82) is 0 Å². The van der Waals surface area contributed by atoms with Crippen LogP contribution >= 0.6 is 0 Å². The van der Waals surface area contributed by atoms with Gasteiger partial charge in [0.15, 0.2) is 0 Å². The number of hydrogen-bond acceptors (Lipinski definition) is 4. The minimum absolute atomic E-state index is 0.742. The molecule has 1 heterocycles. The topological polar surface area (TPSA) is 37.4 Å². The third-order valence-corrected chi connectivity index (χ3v) is 2.56. The summed E-state index contributed by atoms with van der Waals surface area (Å²) in [4.78, 5) is 6.48. The van der Waals surface area contributed by atoms with Gasteiger partial charge in [-0.2, -0.15) is 0 Å². The Hall–Kier alpha value is -1.13. The van der Waals surface area contributed by atoms with Gasteiger partial charge in [-0.05, 0) is 31.2 Å². The normalized spacial score (nSPS) is 10.5. The van der Waals surface area contributed by atoms with Crippen LogP contribution in [0.2, 0.25) is 0 Å². The molecule has 0 aliphatic carbocycles. The Kier molecular flexibility index (Phi) is 6.58. The molecule has 4 nitrogen and oxygen atoms in total. The number of pyridine rings is 1. The summed E-state index contributed by atoms with van der Waals surface area (Å²) in [6.07, 6.45) is 1.86. The minimum atomic E-state index is 0.742. The van der Waals surface area contributed by atoms with E-state index in [1.165, 1.54) is 5.56 Å². The molecule has 0 unspecified atom stereocenters. The summed E-state index contributed by atoms with van der Waals surface area (Å²) < 4.78 is 5.34. The first-order valence-electron chi connectivity index (χ1n) is 6.22. The molecule has 1 N–H and O–H groups in total. The molecule has 1 aromatic rings. The molecule has 0 bridgehead atoms. The molecule has 0 atom stereocenters. The summed E-state index contributed by atoms with van der Waals surface area (Å²) in [6, 6.07) is 4.16. The van der Waals surface area contributed by atoms with Gasteiger partial charge < -0.3 is 15.0 Å². The van der Waals surface area contributed by atoms with E-state index in [1.54, 1.807) is 0 Å². The Bertz CT molecular complexity index is 317. The molecule has 0 aliphatic rings. The average Bonchev–Trinajstić information content (AvgIpc) is 2.37. The van der Waals surface area contributed by atoms with Crippen molar-refractivity contribution >= 4 is 5.82 Å². The van der Waals surface area contributed by atoms with Crippen molar-refractivity contribution in [2.75, 3.05) is 38.3 Å². The lowest BCUT2D eigenvalue weighted by Gasteiger charge is -2.18. The van der Waals surface area contributed by atoms with E-state index >= 15 is 0 Å². The number of anilines is 1. The van der Waals surface area contributed by atoms with Crippen LogP contribution in [0.15, 0.2) is 18.3 Å². The fraction of sp³-hybridized carbons (Fsp3) is 0.615. The number of ether oxygens (including phenoxy) is 1. The Morgan fingerprint density at radius 1 is 1.41 bits per heavy atom. The van der Waals surface area contributed by atoms with Crippen molar-refractivity contribution in [3.05, 3.63) is 23.9 Å². The zero-order valence-corrected chi connectivity index (χ0v) is 11.1. The molecule has 0 saturated heterocycles. The lowest BCUT2D eigenvalue weighted by atomic mass is 10.2. The van der Waals surface area contributed by atoms with Crippen LogP contribution in [0.3, 0.4) is 0 Å². The fourth-order valence-electron chi connectivity index (χ4n) is 1.51. The highest BCUT2D eigenvalue weighted by molar-refractivity contribution is 5.39. The predicted molar refractivity (Wildman–Crippen MR) is 71.4 cm³/mol. The maximum atomic E-state index is 5.34. The Morgan fingerprint density at radius 2 is 2.24 bits per heavy atom. The summed E-state index contributed by atoms with van der Waals surface area (Å²) in [5.41, 5.74) is 1.26. The van der Waals surface area contributed by atoms with Gasteiger partial charge in [-0.15, -0.1) is 0 Å². The van der Waals surface area contributed by atoms with E-state index in [1.807, 2.05) is 26.2 Å². The first-order valence-corrected chi connectivity index (χ1v) is 6.22. The second-order valence-electron chi connectivity index (χ2n) is 3.92. The first-order chi connectivity index (χ1) is 8.27. The van der Waals surface area contributed by atoms with Crippen LogP contribution in [-0.4, -0.2) is 38.3 Å². The summed E-state index contributed by atoms with van der Waals surface area (Å²) >= 11 is 0. The fourth-order valence-corrected chi connectivity index (χ4v) is 1.51. The summed E-state index contributed by atoms with van der Waals surface area (Å²) in [5, 5.41) is 3.31. The molecule has 4 heteroatoms. The third-order valence-electron chi connectivity index (χ3n) is 2.56. The van der Waals surface area contributed by atoms with Crippen molar-refractivity contribution < 1.29 is 4.74 Å². The molecular weight excluding hydrogens is 214 g/mol. The molecular formula is C13H23N3O. The number of rotatable bonds is 8. The summed E-state index contributed by atoms with van der Waals surface area (Å²) in [6.45, 7) is 8.37. The maximum absolute atomic E-state index is 5.34. The van der Waals surface area contributed by atoms with Gasteiger partial charge >= 0.3 is 0 Å². The van der Waals surface area contributed by atoms with Crippen LogP contribution in [0.25, 0.3) is 0 Å². The van der Waals surface area contributed by atoms with Gasteiger partial charge in [0.25, 0.3) is 0 Å². The highest BCUT2D eigenvalue weighted by Gasteiger charge is 2.03. The highest BCUT2D eigenvalue weighted by atomic mass is 16.5. The Balaban J connectivity index is 2.51. The zero-order chi connectivity index (χ0) is 12.5. The minimum Gasteiger partial charge on any atom is -0.380 e. The lowest BCUT2D eigenvalue weighted by Crippen LogP contribution is -2.23. The number of nitrogens with one attached hydrogen (secondary N) is 1. The van der Waals surface area contributed by atoms with Crippen molar-refractivity contribution in [3.8, 4) is 0 Å². The molecule has 0 aromatic carbocycles. The lowest BCUT2D eigenvalue weighted by molar-refractivity contribution is 0.154. The molecule has 0 spiro atoms. The molecule has 0 fully saturated rings.